The van der Waals surface area contributed by atoms with E-state index in [-0.39, 0.29) is 24.6 Å². The lowest BCUT2D eigenvalue weighted by Gasteiger charge is -2.27. The lowest BCUT2D eigenvalue weighted by Crippen LogP contribution is -2.21. The Kier molecular flexibility index (Phi) is 6.23. The normalized spacial score (nSPS) is 28.0. The summed E-state index contributed by atoms with van der Waals surface area (Å²) < 4.78 is 39.6. The highest BCUT2D eigenvalue weighted by Gasteiger charge is 2.29. The van der Waals surface area contributed by atoms with Crippen LogP contribution in [0, 0.1) is 5.92 Å². The average Bonchev–Trinajstić information content (AvgIpc) is 3.07. The molecule has 0 aromatic carbocycles. The van der Waals surface area contributed by atoms with Crippen molar-refractivity contribution >= 4 is 17.0 Å². The second kappa shape index (κ2) is 8.73. The molecule has 2 aliphatic carbocycles. The van der Waals surface area contributed by atoms with Crippen LogP contribution in [0.25, 0.3) is 11.0 Å². The third-order valence-electron chi connectivity index (χ3n) is 6.81. The number of aliphatic hydroxyl groups excluding tert-OH is 1. The molecule has 0 amide bonds. The summed E-state index contributed by atoms with van der Waals surface area (Å²) in [6.07, 6.45) is 6.65. The van der Waals surface area contributed by atoms with Gasteiger partial charge in [-0.3, -0.25) is 0 Å². The van der Waals surface area contributed by atoms with E-state index in [1.807, 2.05) is 0 Å². The summed E-state index contributed by atoms with van der Waals surface area (Å²) in [6, 6.07) is 0.255. The molecule has 0 saturated heterocycles. The maximum atomic E-state index is 12.5. The molecule has 2 aliphatic rings. The van der Waals surface area contributed by atoms with Crippen LogP contribution in [-0.2, 0) is 0 Å². The highest BCUT2D eigenvalue weighted by atomic mass is 19.4. The topological polar surface area (TPSA) is 63.0 Å². The van der Waals surface area contributed by atoms with E-state index in [9.17, 15) is 18.3 Å². The largest absolute Gasteiger partial charge is 0.393 e. The highest BCUT2D eigenvalue weighted by Crippen LogP contribution is 2.41. The van der Waals surface area contributed by atoms with Gasteiger partial charge in [-0.15, -0.1) is 0 Å². The molecular weight excluding hydrogens is 393 g/mol. The molecule has 2 aromatic rings. The van der Waals surface area contributed by atoms with E-state index >= 15 is 0 Å². The minimum atomic E-state index is -4.20. The van der Waals surface area contributed by atoms with Gasteiger partial charge in [-0.1, -0.05) is 19.8 Å². The van der Waals surface area contributed by atoms with E-state index in [0.717, 1.165) is 55.5 Å². The van der Waals surface area contributed by atoms with Crippen LogP contribution in [-0.4, -0.2) is 38.5 Å². The molecule has 0 spiro atoms. The van der Waals surface area contributed by atoms with Crippen LogP contribution < -0.4 is 5.32 Å². The Morgan fingerprint density at radius 2 is 1.80 bits per heavy atom. The Labute approximate surface area is 175 Å². The zero-order chi connectivity index (χ0) is 21.3. The third-order valence-corrected chi connectivity index (χ3v) is 6.81. The maximum absolute atomic E-state index is 12.5. The molecule has 2 heterocycles. The van der Waals surface area contributed by atoms with Crippen molar-refractivity contribution in [1.29, 1.82) is 0 Å². The van der Waals surface area contributed by atoms with Crippen molar-refractivity contribution in [3.05, 3.63) is 18.0 Å². The number of fused-ring (bicyclic) bond motifs is 1. The van der Waals surface area contributed by atoms with Crippen LogP contribution in [0.1, 0.15) is 82.2 Å². The first-order valence-corrected chi connectivity index (χ1v) is 11.2. The monoisotopic (exact) mass is 424 g/mol. The van der Waals surface area contributed by atoms with Gasteiger partial charge in [0.2, 0.25) is 5.95 Å². The van der Waals surface area contributed by atoms with E-state index in [4.69, 9.17) is 0 Å². The number of halogens is 3. The Hall–Kier alpha value is -1.83. The van der Waals surface area contributed by atoms with Gasteiger partial charge in [-0.25, -0.2) is 4.98 Å². The Morgan fingerprint density at radius 1 is 1.10 bits per heavy atom. The quantitative estimate of drug-likeness (QED) is 0.659. The minimum Gasteiger partial charge on any atom is -0.393 e. The van der Waals surface area contributed by atoms with Gasteiger partial charge >= 0.3 is 6.18 Å². The molecular formula is C22H31F3N4O. The Morgan fingerprint density at radius 3 is 2.47 bits per heavy atom. The van der Waals surface area contributed by atoms with Gasteiger partial charge < -0.3 is 15.0 Å². The van der Waals surface area contributed by atoms with Crippen LogP contribution in [0.3, 0.4) is 0 Å². The molecule has 166 valence electrons. The first-order chi connectivity index (χ1) is 14.3. The van der Waals surface area contributed by atoms with Crippen LogP contribution in [0.2, 0.25) is 0 Å². The lowest BCUT2D eigenvalue weighted by atomic mass is 9.79. The number of aromatic nitrogens is 3. The summed E-state index contributed by atoms with van der Waals surface area (Å²) in [5.41, 5.74) is 2.07. The SMILES string of the molecule is C[C@H]1CC[C@H](c2cn([C@H]3CC[C@H](O)CC3)c3nc(NCCC(F)(F)F)ncc32)CC1. The fourth-order valence-corrected chi connectivity index (χ4v) is 4.97. The van der Waals surface area contributed by atoms with Crippen molar-refractivity contribution in [2.45, 2.75) is 89.0 Å². The highest BCUT2D eigenvalue weighted by molar-refractivity contribution is 5.81. The molecule has 5 nitrogen and oxygen atoms in total. The second-order valence-corrected chi connectivity index (χ2v) is 9.13. The van der Waals surface area contributed by atoms with E-state index in [0.29, 0.717) is 5.92 Å². The molecule has 2 aromatic heterocycles. The van der Waals surface area contributed by atoms with E-state index in [1.54, 1.807) is 6.20 Å². The zero-order valence-corrected chi connectivity index (χ0v) is 17.5. The maximum Gasteiger partial charge on any atom is 0.390 e. The third kappa shape index (κ3) is 4.90. The number of nitrogens with zero attached hydrogens (tertiary/aromatic N) is 3. The van der Waals surface area contributed by atoms with E-state index in [2.05, 4.69) is 33.0 Å². The van der Waals surface area contributed by atoms with E-state index in [1.165, 1.54) is 18.4 Å². The first kappa shape index (κ1) is 21.4. The summed E-state index contributed by atoms with van der Waals surface area (Å²) >= 11 is 0. The number of nitrogens with one attached hydrogen (secondary N) is 1. The second-order valence-electron chi connectivity index (χ2n) is 9.13. The molecule has 0 bridgehead atoms. The van der Waals surface area contributed by atoms with Gasteiger partial charge in [0, 0.05) is 30.4 Å². The van der Waals surface area contributed by atoms with Gasteiger partial charge in [0.15, 0.2) is 0 Å². The smallest absolute Gasteiger partial charge is 0.390 e. The summed E-state index contributed by atoms with van der Waals surface area (Å²) in [5.74, 6) is 1.48. The van der Waals surface area contributed by atoms with Crippen LogP contribution in [0.15, 0.2) is 12.4 Å². The number of hydrogen-bond donors (Lipinski definition) is 2. The molecule has 2 fully saturated rings. The van der Waals surface area contributed by atoms with Gasteiger partial charge in [0.1, 0.15) is 5.65 Å². The number of hydrogen-bond acceptors (Lipinski definition) is 4. The summed E-state index contributed by atoms with van der Waals surface area (Å²) in [6.45, 7) is 2.06. The fourth-order valence-electron chi connectivity index (χ4n) is 4.97. The van der Waals surface area contributed by atoms with Crippen LogP contribution in [0.4, 0.5) is 19.1 Å². The molecule has 0 radical (unpaired) electrons. The van der Waals surface area contributed by atoms with Crippen molar-refractivity contribution in [3.63, 3.8) is 0 Å². The van der Waals surface area contributed by atoms with Crippen molar-refractivity contribution in [2.75, 3.05) is 11.9 Å². The van der Waals surface area contributed by atoms with E-state index < -0.39 is 12.6 Å². The van der Waals surface area contributed by atoms with Crippen molar-refractivity contribution in [3.8, 4) is 0 Å². The van der Waals surface area contributed by atoms with Crippen molar-refractivity contribution in [1.82, 2.24) is 14.5 Å². The van der Waals surface area contributed by atoms with Gasteiger partial charge in [-0.05, 0) is 55.9 Å². The summed E-state index contributed by atoms with van der Waals surface area (Å²) in [7, 11) is 0. The van der Waals surface area contributed by atoms with Crippen LogP contribution in [0.5, 0.6) is 0 Å². The Balaban J connectivity index is 1.63. The van der Waals surface area contributed by atoms with Gasteiger partial charge in [-0.2, -0.15) is 18.2 Å². The van der Waals surface area contributed by atoms with Crippen molar-refractivity contribution in [2.24, 2.45) is 5.92 Å². The standard InChI is InChI=1S/C22H31F3N4O/c1-14-2-4-15(5-3-14)19-13-29(16-6-8-17(30)9-7-16)20-18(19)12-27-21(28-20)26-11-10-22(23,24)25/h12-17,30H,2-11H2,1H3,(H,26,27,28)/t14-,15-,16-,17-. The number of rotatable bonds is 5. The fraction of sp³-hybridized carbons (Fsp3) is 0.727. The average molecular weight is 425 g/mol. The molecule has 30 heavy (non-hydrogen) atoms. The van der Waals surface area contributed by atoms with Gasteiger partial charge in [0.05, 0.1) is 12.5 Å². The first-order valence-electron chi connectivity index (χ1n) is 11.2. The zero-order valence-electron chi connectivity index (χ0n) is 17.5. The number of alkyl halides is 3. The Bertz CT molecular complexity index is 850. The minimum absolute atomic E-state index is 0.237. The molecule has 0 aliphatic heterocycles. The van der Waals surface area contributed by atoms with Gasteiger partial charge in [0.25, 0.3) is 0 Å². The molecule has 2 N–H and O–H groups in total. The lowest BCUT2D eigenvalue weighted by molar-refractivity contribution is -0.131. The molecule has 0 atom stereocenters. The molecule has 4 rings (SSSR count). The molecule has 8 heteroatoms. The summed E-state index contributed by atoms with van der Waals surface area (Å²) in [5, 5.41) is 13.6. The van der Waals surface area contributed by atoms with Crippen molar-refractivity contribution < 1.29 is 18.3 Å². The predicted octanol–water partition coefficient (Wildman–Crippen LogP) is 5.57. The molecule has 0 unspecified atom stereocenters. The predicted molar refractivity (Wildman–Crippen MR) is 111 cm³/mol. The molecule has 2 saturated carbocycles. The van der Waals surface area contributed by atoms with Crippen LogP contribution >= 0.6 is 0 Å². The number of anilines is 1. The number of aliphatic hydroxyl groups is 1. The summed E-state index contributed by atoms with van der Waals surface area (Å²) in [4.78, 5) is 8.95.